The van der Waals surface area contributed by atoms with Gasteiger partial charge in [0.2, 0.25) is 11.8 Å². The molecule has 1 saturated carbocycles. The van der Waals surface area contributed by atoms with Crippen molar-refractivity contribution in [1.82, 2.24) is 14.7 Å². The first-order valence-corrected chi connectivity index (χ1v) is 13.8. The van der Waals surface area contributed by atoms with Gasteiger partial charge in [-0.3, -0.25) is 14.5 Å². The minimum Gasteiger partial charge on any atom is -0.338 e. The van der Waals surface area contributed by atoms with Gasteiger partial charge in [0, 0.05) is 43.0 Å². The number of piperazine rings is 1. The van der Waals surface area contributed by atoms with E-state index in [-0.39, 0.29) is 23.9 Å². The third-order valence-electron chi connectivity index (χ3n) is 8.10. The normalized spacial score (nSPS) is 24.2. The SMILES string of the molecule is Cc1ccccc1[C@H]1c2ccsc2CCN1CC(=O)N1CCN(C(=O)C2CCCCC2)[C@H](C)C1. The second-order valence-electron chi connectivity index (χ2n) is 10.3. The van der Waals surface area contributed by atoms with E-state index >= 15 is 0 Å². The van der Waals surface area contributed by atoms with Crippen molar-refractivity contribution in [2.45, 2.75) is 64.5 Å². The largest absolute Gasteiger partial charge is 0.338 e. The third-order valence-corrected chi connectivity index (χ3v) is 9.10. The highest BCUT2D eigenvalue weighted by Crippen LogP contribution is 2.38. The summed E-state index contributed by atoms with van der Waals surface area (Å²) in [6.45, 7) is 7.55. The van der Waals surface area contributed by atoms with Crippen LogP contribution in [0.25, 0.3) is 0 Å². The van der Waals surface area contributed by atoms with Crippen LogP contribution in [0.5, 0.6) is 0 Å². The zero-order valence-corrected chi connectivity index (χ0v) is 21.4. The van der Waals surface area contributed by atoms with Crippen LogP contribution in [0, 0.1) is 12.8 Å². The molecule has 1 aromatic heterocycles. The summed E-state index contributed by atoms with van der Waals surface area (Å²) < 4.78 is 0. The Bertz CT molecular complexity index is 1030. The van der Waals surface area contributed by atoms with Crippen molar-refractivity contribution < 1.29 is 9.59 Å². The molecule has 0 spiro atoms. The van der Waals surface area contributed by atoms with Crippen molar-refractivity contribution in [3.63, 3.8) is 0 Å². The first-order chi connectivity index (χ1) is 16.5. The molecule has 2 aliphatic heterocycles. The van der Waals surface area contributed by atoms with Crippen LogP contribution in [-0.4, -0.2) is 65.3 Å². The van der Waals surface area contributed by atoms with Crippen molar-refractivity contribution in [1.29, 1.82) is 0 Å². The molecule has 0 unspecified atom stereocenters. The summed E-state index contributed by atoms with van der Waals surface area (Å²) in [6.07, 6.45) is 6.67. The van der Waals surface area contributed by atoms with E-state index in [1.54, 1.807) is 0 Å². The monoisotopic (exact) mass is 479 g/mol. The van der Waals surface area contributed by atoms with E-state index in [1.165, 1.54) is 40.8 Å². The van der Waals surface area contributed by atoms with Gasteiger partial charge in [-0.25, -0.2) is 0 Å². The molecule has 0 N–H and O–H groups in total. The van der Waals surface area contributed by atoms with Crippen LogP contribution in [0.4, 0.5) is 0 Å². The molecule has 2 fully saturated rings. The van der Waals surface area contributed by atoms with Gasteiger partial charge in [0.25, 0.3) is 0 Å². The van der Waals surface area contributed by atoms with Gasteiger partial charge in [-0.15, -0.1) is 11.3 Å². The fourth-order valence-electron chi connectivity index (χ4n) is 6.17. The highest BCUT2D eigenvalue weighted by molar-refractivity contribution is 7.10. The zero-order chi connectivity index (χ0) is 23.7. The fourth-order valence-corrected chi connectivity index (χ4v) is 7.07. The number of benzene rings is 1. The Labute approximate surface area is 207 Å². The molecule has 3 heterocycles. The molecule has 34 heavy (non-hydrogen) atoms. The van der Waals surface area contributed by atoms with Gasteiger partial charge in [0.1, 0.15) is 0 Å². The molecule has 3 aliphatic rings. The second kappa shape index (κ2) is 10.2. The van der Waals surface area contributed by atoms with Crippen LogP contribution >= 0.6 is 11.3 Å². The second-order valence-corrected chi connectivity index (χ2v) is 11.3. The molecular formula is C28H37N3O2S. The van der Waals surface area contributed by atoms with Crippen molar-refractivity contribution in [2.24, 2.45) is 5.92 Å². The van der Waals surface area contributed by atoms with Crippen LogP contribution in [0.1, 0.15) is 66.6 Å². The summed E-state index contributed by atoms with van der Waals surface area (Å²) in [7, 11) is 0. The van der Waals surface area contributed by atoms with Crippen LogP contribution in [0.15, 0.2) is 35.7 Å². The van der Waals surface area contributed by atoms with Gasteiger partial charge in [-0.05, 0) is 61.2 Å². The molecule has 1 aliphatic carbocycles. The lowest BCUT2D eigenvalue weighted by atomic mass is 9.87. The molecule has 2 aromatic rings. The molecule has 1 aromatic carbocycles. The summed E-state index contributed by atoms with van der Waals surface area (Å²) in [5, 5.41) is 2.19. The van der Waals surface area contributed by atoms with Gasteiger partial charge in [0.05, 0.1) is 12.6 Å². The Balaban J connectivity index is 1.27. The average molecular weight is 480 g/mol. The number of thiophene rings is 1. The summed E-state index contributed by atoms with van der Waals surface area (Å²) in [4.78, 5) is 34.4. The van der Waals surface area contributed by atoms with E-state index in [4.69, 9.17) is 0 Å². The highest BCUT2D eigenvalue weighted by Gasteiger charge is 2.36. The van der Waals surface area contributed by atoms with E-state index in [2.05, 4.69) is 59.4 Å². The first kappa shape index (κ1) is 23.6. The number of hydrogen-bond donors (Lipinski definition) is 0. The molecule has 5 rings (SSSR count). The zero-order valence-electron chi connectivity index (χ0n) is 20.5. The maximum atomic E-state index is 13.5. The Hall–Kier alpha value is -2.18. The molecule has 182 valence electrons. The smallest absolute Gasteiger partial charge is 0.236 e. The molecule has 2 amide bonds. The standard InChI is InChI=1S/C28H37N3O2S/c1-20-8-6-7-11-23(20)27-24-13-17-34-25(24)12-14-30(27)19-26(32)29-15-16-31(21(2)18-29)28(33)22-9-4-3-5-10-22/h6-8,11,13,17,21-22,27H,3-5,9-10,12,14-16,18-19H2,1-2H3/t21-,27+/m1/s1. The van der Waals surface area contributed by atoms with Gasteiger partial charge >= 0.3 is 0 Å². The maximum Gasteiger partial charge on any atom is 0.236 e. The molecule has 0 bridgehead atoms. The molecule has 6 heteroatoms. The van der Waals surface area contributed by atoms with Crippen molar-refractivity contribution in [3.05, 3.63) is 57.3 Å². The molecular weight excluding hydrogens is 442 g/mol. The summed E-state index contributed by atoms with van der Waals surface area (Å²) in [5.74, 6) is 0.704. The van der Waals surface area contributed by atoms with Gasteiger partial charge in [-0.1, -0.05) is 43.5 Å². The number of carbonyl (C=O) groups is 2. The highest BCUT2D eigenvalue weighted by atomic mass is 32.1. The third kappa shape index (κ3) is 4.67. The van der Waals surface area contributed by atoms with E-state index in [1.807, 2.05) is 16.2 Å². The lowest BCUT2D eigenvalue weighted by molar-refractivity contribution is -0.146. The summed E-state index contributed by atoms with van der Waals surface area (Å²) in [5.41, 5.74) is 3.92. The lowest BCUT2D eigenvalue weighted by Crippen LogP contribution is -2.58. The number of nitrogens with zero attached hydrogens (tertiary/aromatic N) is 3. The molecule has 0 radical (unpaired) electrons. The summed E-state index contributed by atoms with van der Waals surface area (Å²) >= 11 is 1.83. The maximum absolute atomic E-state index is 13.5. The lowest BCUT2D eigenvalue weighted by Gasteiger charge is -2.43. The minimum atomic E-state index is 0.0872. The van der Waals surface area contributed by atoms with Crippen LogP contribution in [0.3, 0.4) is 0 Å². The Kier molecular flexibility index (Phi) is 7.07. The van der Waals surface area contributed by atoms with Crippen LogP contribution < -0.4 is 0 Å². The van der Waals surface area contributed by atoms with E-state index in [0.717, 1.165) is 25.8 Å². The predicted octanol–water partition coefficient (Wildman–Crippen LogP) is 4.64. The number of amides is 2. The number of carbonyl (C=O) groups excluding carboxylic acids is 2. The van der Waals surface area contributed by atoms with E-state index < -0.39 is 0 Å². The van der Waals surface area contributed by atoms with Crippen LogP contribution in [0.2, 0.25) is 0 Å². The van der Waals surface area contributed by atoms with Crippen molar-refractivity contribution in [2.75, 3.05) is 32.7 Å². The summed E-state index contributed by atoms with van der Waals surface area (Å²) in [6, 6.07) is 11.0. The van der Waals surface area contributed by atoms with Crippen molar-refractivity contribution in [3.8, 4) is 0 Å². The van der Waals surface area contributed by atoms with Crippen LogP contribution in [-0.2, 0) is 16.0 Å². The fraction of sp³-hybridized carbons (Fsp3) is 0.571. The van der Waals surface area contributed by atoms with E-state index in [0.29, 0.717) is 32.1 Å². The molecule has 1 saturated heterocycles. The molecule has 2 atom stereocenters. The van der Waals surface area contributed by atoms with Crippen molar-refractivity contribution >= 4 is 23.2 Å². The van der Waals surface area contributed by atoms with Gasteiger partial charge < -0.3 is 9.80 Å². The Morgan fingerprint density at radius 2 is 1.79 bits per heavy atom. The number of aryl methyl sites for hydroxylation is 1. The van der Waals surface area contributed by atoms with E-state index in [9.17, 15) is 9.59 Å². The number of fused-ring (bicyclic) bond motifs is 1. The van der Waals surface area contributed by atoms with Gasteiger partial charge in [-0.2, -0.15) is 0 Å². The number of hydrogen-bond acceptors (Lipinski definition) is 4. The Morgan fingerprint density at radius 3 is 2.56 bits per heavy atom. The molecule has 5 nitrogen and oxygen atoms in total. The number of rotatable bonds is 4. The Morgan fingerprint density at radius 1 is 1.00 bits per heavy atom. The topological polar surface area (TPSA) is 43.9 Å². The average Bonchev–Trinajstić information content (AvgIpc) is 3.33. The minimum absolute atomic E-state index is 0.0872. The van der Waals surface area contributed by atoms with Gasteiger partial charge in [0.15, 0.2) is 0 Å². The quantitative estimate of drug-likeness (QED) is 0.642. The first-order valence-electron chi connectivity index (χ1n) is 13.0. The predicted molar refractivity (Wildman–Crippen MR) is 137 cm³/mol.